The number of carbonyl (C=O) groups is 1. The standard InChI is InChI=1S/C21H16ClN3O2/c1-12-9-13(21(26)27-2)7-8-14(12)19-11-23-20-18(24-19)10-17(25-20)15-5-3-4-6-16(15)22/h3-11H,1-2H3,(H,23,25). The first kappa shape index (κ1) is 17.2. The molecule has 0 aliphatic heterocycles. The number of ether oxygens (including phenoxy) is 1. The van der Waals surface area contributed by atoms with E-state index in [1.165, 1.54) is 7.11 Å². The van der Waals surface area contributed by atoms with Crippen LogP contribution in [0.3, 0.4) is 0 Å². The third-order valence-electron chi connectivity index (χ3n) is 4.42. The van der Waals surface area contributed by atoms with Crippen molar-refractivity contribution in [2.75, 3.05) is 7.11 Å². The van der Waals surface area contributed by atoms with Crippen LogP contribution in [0.4, 0.5) is 0 Å². The van der Waals surface area contributed by atoms with E-state index in [0.29, 0.717) is 16.2 Å². The van der Waals surface area contributed by atoms with Crippen molar-refractivity contribution in [2.24, 2.45) is 0 Å². The fourth-order valence-electron chi connectivity index (χ4n) is 3.05. The Morgan fingerprint density at radius 3 is 2.67 bits per heavy atom. The largest absolute Gasteiger partial charge is 0.465 e. The number of fused-ring (bicyclic) bond motifs is 1. The normalized spacial score (nSPS) is 10.9. The molecule has 0 spiro atoms. The van der Waals surface area contributed by atoms with Crippen molar-refractivity contribution in [3.05, 3.63) is 70.9 Å². The van der Waals surface area contributed by atoms with Crippen LogP contribution in [-0.4, -0.2) is 28.0 Å². The lowest BCUT2D eigenvalue weighted by molar-refractivity contribution is 0.0600. The average Bonchev–Trinajstić information content (AvgIpc) is 3.10. The Balaban J connectivity index is 1.76. The third-order valence-corrected chi connectivity index (χ3v) is 4.75. The minimum absolute atomic E-state index is 0.360. The van der Waals surface area contributed by atoms with Crippen LogP contribution in [-0.2, 0) is 4.74 Å². The number of methoxy groups -OCH3 is 1. The highest BCUT2D eigenvalue weighted by Gasteiger charge is 2.13. The van der Waals surface area contributed by atoms with E-state index >= 15 is 0 Å². The summed E-state index contributed by atoms with van der Waals surface area (Å²) in [5, 5.41) is 0.665. The van der Waals surface area contributed by atoms with E-state index in [2.05, 4.69) is 9.97 Å². The van der Waals surface area contributed by atoms with Gasteiger partial charge < -0.3 is 9.72 Å². The smallest absolute Gasteiger partial charge is 0.337 e. The van der Waals surface area contributed by atoms with Gasteiger partial charge in [0.05, 0.1) is 30.3 Å². The monoisotopic (exact) mass is 377 g/mol. The molecule has 0 aliphatic rings. The third kappa shape index (κ3) is 3.17. The topological polar surface area (TPSA) is 67.9 Å². The second-order valence-corrected chi connectivity index (χ2v) is 6.58. The summed E-state index contributed by atoms with van der Waals surface area (Å²) in [6, 6.07) is 14.9. The minimum atomic E-state index is -0.360. The van der Waals surface area contributed by atoms with Crippen molar-refractivity contribution < 1.29 is 9.53 Å². The van der Waals surface area contributed by atoms with Crippen LogP contribution in [0.5, 0.6) is 0 Å². The van der Waals surface area contributed by atoms with Crippen LogP contribution in [0.2, 0.25) is 5.02 Å². The second-order valence-electron chi connectivity index (χ2n) is 6.17. The van der Waals surface area contributed by atoms with Crippen LogP contribution in [0.25, 0.3) is 33.7 Å². The van der Waals surface area contributed by atoms with E-state index in [1.54, 1.807) is 18.3 Å². The number of aromatic amines is 1. The molecule has 0 amide bonds. The number of carbonyl (C=O) groups excluding carboxylic acids is 1. The van der Waals surface area contributed by atoms with Gasteiger partial charge in [-0.1, -0.05) is 35.9 Å². The van der Waals surface area contributed by atoms with E-state index in [0.717, 1.165) is 33.6 Å². The molecule has 27 heavy (non-hydrogen) atoms. The number of H-pyrrole nitrogens is 1. The Morgan fingerprint density at radius 2 is 1.93 bits per heavy atom. The van der Waals surface area contributed by atoms with Gasteiger partial charge in [-0.05, 0) is 36.8 Å². The lowest BCUT2D eigenvalue weighted by Crippen LogP contribution is -2.02. The molecule has 0 unspecified atom stereocenters. The van der Waals surface area contributed by atoms with Crippen molar-refractivity contribution in [1.82, 2.24) is 15.0 Å². The number of esters is 1. The molecule has 134 valence electrons. The summed E-state index contributed by atoms with van der Waals surface area (Å²) >= 11 is 6.29. The number of nitrogens with zero attached hydrogens (tertiary/aromatic N) is 2. The summed E-state index contributed by atoms with van der Waals surface area (Å²) < 4.78 is 4.77. The highest BCUT2D eigenvalue weighted by molar-refractivity contribution is 6.33. The summed E-state index contributed by atoms with van der Waals surface area (Å²) in [4.78, 5) is 24.2. The zero-order chi connectivity index (χ0) is 19.0. The first-order valence-corrected chi connectivity index (χ1v) is 8.74. The van der Waals surface area contributed by atoms with Crippen LogP contribution >= 0.6 is 11.6 Å². The van der Waals surface area contributed by atoms with Crippen molar-refractivity contribution in [3.8, 4) is 22.5 Å². The van der Waals surface area contributed by atoms with E-state index in [9.17, 15) is 4.79 Å². The number of hydrogen-bond donors (Lipinski definition) is 1. The molecule has 0 aliphatic carbocycles. The molecule has 4 aromatic rings. The van der Waals surface area contributed by atoms with Gasteiger partial charge in [-0.25, -0.2) is 14.8 Å². The maximum absolute atomic E-state index is 11.7. The highest BCUT2D eigenvalue weighted by atomic mass is 35.5. The maximum atomic E-state index is 11.7. The molecule has 0 radical (unpaired) electrons. The van der Waals surface area contributed by atoms with E-state index in [-0.39, 0.29) is 5.97 Å². The van der Waals surface area contributed by atoms with Crippen molar-refractivity contribution in [1.29, 1.82) is 0 Å². The van der Waals surface area contributed by atoms with Gasteiger partial charge in [0.1, 0.15) is 5.52 Å². The Morgan fingerprint density at radius 1 is 1.11 bits per heavy atom. The van der Waals surface area contributed by atoms with Crippen LogP contribution in [0.15, 0.2) is 54.7 Å². The maximum Gasteiger partial charge on any atom is 0.337 e. The fraction of sp³-hybridized carbons (Fsp3) is 0.0952. The Labute approximate surface area is 161 Å². The van der Waals surface area contributed by atoms with Crippen LogP contribution in [0, 0.1) is 6.92 Å². The minimum Gasteiger partial charge on any atom is -0.465 e. The average molecular weight is 378 g/mol. The summed E-state index contributed by atoms with van der Waals surface area (Å²) in [5.74, 6) is -0.360. The predicted molar refractivity (Wildman–Crippen MR) is 106 cm³/mol. The molecular formula is C21H16ClN3O2. The molecule has 2 aromatic heterocycles. The van der Waals surface area contributed by atoms with Crippen LogP contribution in [0.1, 0.15) is 15.9 Å². The molecule has 5 nitrogen and oxygen atoms in total. The Hall–Kier alpha value is -3.18. The van der Waals surface area contributed by atoms with Gasteiger partial charge in [-0.3, -0.25) is 0 Å². The number of aryl methyl sites for hydroxylation is 1. The molecule has 2 aromatic carbocycles. The van der Waals surface area contributed by atoms with Gasteiger partial charge in [-0.2, -0.15) is 0 Å². The highest BCUT2D eigenvalue weighted by Crippen LogP contribution is 2.30. The summed E-state index contributed by atoms with van der Waals surface area (Å²) in [6.45, 7) is 1.93. The number of nitrogens with one attached hydrogen (secondary N) is 1. The summed E-state index contributed by atoms with van der Waals surface area (Å²) in [5.41, 5.74) is 6.29. The first-order chi connectivity index (χ1) is 13.1. The predicted octanol–water partition coefficient (Wildman–Crippen LogP) is 5.04. The second kappa shape index (κ2) is 6.85. The van der Waals surface area contributed by atoms with Gasteiger partial charge in [0.2, 0.25) is 0 Å². The van der Waals surface area contributed by atoms with Crippen LogP contribution < -0.4 is 0 Å². The van der Waals surface area contributed by atoms with E-state index in [4.69, 9.17) is 21.3 Å². The molecule has 0 bridgehead atoms. The Bertz CT molecular complexity index is 1170. The molecule has 0 fully saturated rings. The van der Waals surface area contributed by atoms with Crippen molar-refractivity contribution in [2.45, 2.75) is 6.92 Å². The zero-order valence-electron chi connectivity index (χ0n) is 14.8. The van der Waals surface area contributed by atoms with Crippen molar-refractivity contribution >= 4 is 28.7 Å². The number of aromatic nitrogens is 3. The number of hydrogen-bond acceptors (Lipinski definition) is 4. The van der Waals surface area contributed by atoms with Gasteiger partial charge >= 0.3 is 5.97 Å². The van der Waals surface area contributed by atoms with E-state index in [1.807, 2.05) is 43.3 Å². The van der Waals surface area contributed by atoms with Gasteiger partial charge in [-0.15, -0.1) is 0 Å². The molecule has 0 atom stereocenters. The van der Waals surface area contributed by atoms with Crippen molar-refractivity contribution in [3.63, 3.8) is 0 Å². The quantitative estimate of drug-likeness (QED) is 0.508. The number of rotatable bonds is 3. The molecule has 2 heterocycles. The molecular weight excluding hydrogens is 362 g/mol. The number of halogens is 1. The first-order valence-electron chi connectivity index (χ1n) is 8.37. The zero-order valence-corrected chi connectivity index (χ0v) is 15.5. The molecule has 0 saturated carbocycles. The lowest BCUT2D eigenvalue weighted by Gasteiger charge is -2.07. The van der Waals surface area contributed by atoms with Gasteiger partial charge in [0.15, 0.2) is 5.65 Å². The van der Waals surface area contributed by atoms with E-state index < -0.39 is 0 Å². The lowest BCUT2D eigenvalue weighted by atomic mass is 10.0. The summed E-state index contributed by atoms with van der Waals surface area (Å²) in [7, 11) is 1.37. The Kier molecular flexibility index (Phi) is 4.38. The SMILES string of the molecule is COC(=O)c1ccc(-c2cnc3[nH]c(-c4ccccc4Cl)cc3n2)c(C)c1. The van der Waals surface area contributed by atoms with Gasteiger partial charge in [0.25, 0.3) is 0 Å². The fourth-order valence-corrected chi connectivity index (χ4v) is 3.29. The molecule has 4 rings (SSSR count). The molecule has 0 saturated heterocycles. The molecule has 6 heteroatoms. The summed E-state index contributed by atoms with van der Waals surface area (Å²) in [6.07, 6.45) is 1.72. The number of benzene rings is 2. The molecule has 1 N–H and O–H groups in total. The van der Waals surface area contributed by atoms with Gasteiger partial charge in [0, 0.05) is 16.1 Å².